The number of ether oxygens (including phenoxy) is 1. The van der Waals surface area contributed by atoms with Crippen molar-refractivity contribution < 1.29 is 14.3 Å². The second kappa shape index (κ2) is 7.43. The number of carbonyl (C=O) groups excluding carboxylic acids is 2. The predicted octanol–water partition coefficient (Wildman–Crippen LogP) is 4.01. The Morgan fingerprint density at radius 1 is 1.26 bits per heavy atom. The van der Waals surface area contributed by atoms with Gasteiger partial charge < -0.3 is 10.1 Å². The number of hydrogen-bond acceptors (Lipinski definition) is 3. The highest BCUT2D eigenvalue weighted by atomic mass is 16.5. The molecule has 1 aliphatic rings. The third kappa shape index (κ3) is 3.54. The Bertz CT molecular complexity index is 891. The molecule has 5 nitrogen and oxygen atoms in total. The number of aryl methyl sites for hydroxylation is 3. The minimum atomic E-state index is -0.659. The maximum absolute atomic E-state index is 13.0. The molecule has 0 saturated carbocycles. The van der Waals surface area contributed by atoms with Crippen LogP contribution >= 0.6 is 0 Å². The van der Waals surface area contributed by atoms with Crippen molar-refractivity contribution in [3.05, 3.63) is 53.1 Å². The summed E-state index contributed by atoms with van der Waals surface area (Å²) >= 11 is 0. The van der Waals surface area contributed by atoms with Crippen LogP contribution < -0.4 is 15.0 Å². The van der Waals surface area contributed by atoms with Crippen molar-refractivity contribution in [3.63, 3.8) is 0 Å². The molecule has 0 fully saturated rings. The second-order valence-electron chi connectivity index (χ2n) is 7.07. The van der Waals surface area contributed by atoms with E-state index >= 15 is 0 Å². The molecule has 2 aromatic rings. The van der Waals surface area contributed by atoms with Gasteiger partial charge in [-0.25, -0.2) is 0 Å². The van der Waals surface area contributed by atoms with Crippen molar-refractivity contribution in [2.45, 2.75) is 53.2 Å². The van der Waals surface area contributed by atoms with Gasteiger partial charge in [-0.2, -0.15) is 0 Å². The molecule has 142 valence electrons. The van der Waals surface area contributed by atoms with E-state index in [1.807, 2.05) is 50.2 Å². The van der Waals surface area contributed by atoms with Crippen LogP contribution in [0.25, 0.3) is 0 Å². The highest BCUT2D eigenvalue weighted by Gasteiger charge is 2.37. The van der Waals surface area contributed by atoms with Crippen molar-refractivity contribution in [2.24, 2.45) is 0 Å². The van der Waals surface area contributed by atoms with Crippen LogP contribution in [-0.4, -0.2) is 24.0 Å². The van der Waals surface area contributed by atoms with Crippen molar-refractivity contribution in [3.8, 4) is 5.75 Å². The van der Waals surface area contributed by atoms with Crippen molar-refractivity contribution in [1.29, 1.82) is 0 Å². The number of fused-ring (bicyclic) bond motifs is 1. The van der Waals surface area contributed by atoms with E-state index in [0.29, 0.717) is 11.4 Å². The van der Waals surface area contributed by atoms with Crippen LogP contribution in [0.3, 0.4) is 0 Å². The van der Waals surface area contributed by atoms with Gasteiger partial charge in [-0.3, -0.25) is 14.5 Å². The van der Waals surface area contributed by atoms with Gasteiger partial charge in [0.2, 0.25) is 5.91 Å². The Morgan fingerprint density at radius 3 is 2.70 bits per heavy atom. The van der Waals surface area contributed by atoms with Gasteiger partial charge in [-0.05, 0) is 62.9 Å². The van der Waals surface area contributed by atoms with E-state index in [2.05, 4.69) is 12.2 Å². The van der Waals surface area contributed by atoms with Crippen LogP contribution in [0.15, 0.2) is 36.4 Å². The molecule has 3 rings (SSSR count). The molecule has 1 aliphatic heterocycles. The first-order valence-corrected chi connectivity index (χ1v) is 9.33. The summed E-state index contributed by atoms with van der Waals surface area (Å²) in [6, 6.07) is 11.0. The number of nitrogens with one attached hydrogen (secondary N) is 1. The Kier molecular flexibility index (Phi) is 5.22. The van der Waals surface area contributed by atoms with Crippen LogP contribution in [0, 0.1) is 13.8 Å². The summed E-state index contributed by atoms with van der Waals surface area (Å²) in [5, 5.41) is 3.03. The largest absolute Gasteiger partial charge is 0.479 e. The third-order valence-electron chi connectivity index (χ3n) is 5.02. The summed E-state index contributed by atoms with van der Waals surface area (Å²) < 4.78 is 5.71. The smallest absolute Gasteiger partial charge is 0.268 e. The van der Waals surface area contributed by atoms with Gasteiger partial charge in [0.15, 0.2) is 6.10 Å². The number of amides is 2. The van der Waals surface area contributed by atoms with Gasteiger partial charge in [0.05, 0.1) is 5.69 Å². The van der Waals surface area contributed by atoms with Crippen LogP contribution in [0.1, 0.15) is 37.5 Å². The normalized spacial score (nSPS) is 17.1. The Labute approximate surface area is 160 Å². The first kappa shape index (κ1) is 19.0. The standard InChI is InChI=1S/C22H26N2O3/c1-6-17-9-7-8-14(3)20(17)23-21(25)15(4)24-18-12-13(2)10-11-19(18)27-16(5)22(24)26/h7-12,15-16H,6H2,1-5H3,(H,23,25). The third-order valence-corrected chi connectivity index (χ3v) is 5.02. The van der Waals surface area contributed by atoms with Crippen LogP contribution in [0.2, 0.25) is 0 Å². The highest BCUT2D eigenvalue weighted by Crippen LogP contribution is 2.36. The topological polar surface area (TPSA) is 58.6 Å². The van der Waals surface area contributed by atoms with E-state index in [9.17, 15) is 9.59 Å². The Hall–Kier alpha value is -2.82. The summed E-state index contributed by atoms with van der Waals surface area (Å²) in [6.07, 6.45) is 0.196. The SMILES string of the molecule is CCc1cccc(C)c1NC(=O)C(C)N1C(=O)C(C)Oc2ccc(C)cc21. The number of para-hydroxylation sites is 1. The average molecular weight is 366 g/mol. The molecule has 2 atom stereocenters. The van der Waals surface area contributed by atoms with Gasteiger partial charge in [-0.1, -0.05) is 31.2 Å². The quantitative estimate of drug-likeness (QED) is 0.889. The molecule has 27 heavy (non-hydrogen) atoms. The molecule has 5 heteroatoms. The summed E-state index contributed by atoms with van der Waals surface area (Å²) in [6.45, 7) is 9.44. The van der Waals surface area contributed by atoms with E-state index in [1.165, 1.54) is 0 Å². The van der Waals surface area contributed by atoms with Crippen LogP contribution in [-0.2, 0) is 16.0 Å². The summed E-state index contributed by atoms with van der Waals surface area (Å²) in [5.74, 6) is 0.197. The van der Waals surface area contributed by atoms with Crippen molar-refractivity contribution in [2.75, 3.05) is 10.2 Å². The van der Waals surface area contributed by atoms with Crippen LogP contribution in [0.4, 0.5) is 11.4 Å². The number of hydrogen-bond donors (Lipinski definition) is 1. The Morgan fingerprint density at radius 2 is 2.00 bits per heavy atom. The zero-order valence-electron chi connectivity index (χ0n) is 16.5. The summed E-state index contributed by atoms with van der Waals surface area (Å²) in [7, 11) is 0. The second-order valence-corrected chi connectivity index (χ2v) is 7.07. The molecular formula is C22H26N2O3. The molecule has 0 spiro atoms. The number of carbonyl (C=O) groups is 2. The molecule has 0 aromatic heterocycles. The monoisotopic (exact) mass is 366 g/mol. The van der Waals surface area contributed by atoms with Gasteiger partial charge in [0.25, 0.3) is 5.91 Å². The van der Waals surface area contributed by atoms with Crippen molar-refractivity contribution in [1.82, 2.24) is 0 Å². The molecule has 0 saturated heterocycles. The highest BCUT2D eigenvalue weighted by molar-refractivity contribution is 6.08. The van der Waals surface area contributed by atoms with Crippen molar-refractivity contribution >= 4 is 23.2 Å². The van der Waals surface area contributed by atoms with E-state index in [0.717, 1.165) is 28.8 Å². The lowest BCUT2D eigenvalue weighted by Gasteiger charge is -2.36. The molecule has 2 amide bonds. The lowest BCUT2D eigenvalue weighted by Crippen LogP contribution is -2.52. The fourth-order valence-corrected chi connectivity index (χ4v) is 3.42. The molecule has 1 N–H and O–H groups in total. The lowest BCUT2D eigenvalue weighted by molar-refractivity contribution is -0.128. The molecule has 1 heterocycles. The van der Waals surface area contributed by atoms with E-state index in [1.54, 1.807) is 18.7 Å². The minimum absolute atomic E-state index is 0.212. The number of benzene rings is 2. The fraction of sp³-hybridized carbons (Fsp3) is 0.364. The maximum Gasteiger partial charge on any atom is 0.268 e. The van der Waals surface area contributed by atoms with E-state index < -0.39 is 12.1 Å². The van der Waals surface area contributed by atoms with Gasteiger partial charge in [0, 0.05) is 5.69 Å². The molecular weight excluding hydrogens is 340 g/mol. The molecule has 0 bridgehead atoms. The zero-order chi connectivity index (χ0) is 19.7. The maximum atomic E-state index is 13.0. The average Bonchev–Trinajstić information content (AvgIpc) is 2.64. The lowest BCUT2D eigenvalue weighted by atomic mass is 10.0. The molecule has 0 radical (unpaired) electrons. The Balaban J connectivity index is 1.93. The molecule has 0 aliphatic carbocycles. The fourth-order valence-electron chi connectivity index (χ4n) is 3.42. The van der Waals surface area contributed by atoms with E-state index in [-0.39, 0.29) is 11.8 Å². The summed E-state index contributed by atoms with van der Waals surface area (Å²) in [5.41, 5.74) is 4.56. The predicted molar refractivity (Wildman–Crippen MR) is 107 cm³/mol. The molecule has 2 unspecified atom stereocenters. The van der Waals surface area contributed by atoms with Gasteiger partial charge in [0.1, 0.15) is 11.8 Å². The minimum Gasteiger partial charge on any atom is -0.479 e. The van der Waals surface area contributed by atoms with Crippen LogP contribution in [0.5, 0.6) is 5.75 Å². The first-order chi connectivity index (χ1) is 12.8. The molecule has 2 aromatic carbocycles. The number of rotatable bonds is 4. The van der Waals surface area contributed by atoms with E-state index in [4.69, 9.17) is 4.74 Å². The van der Waals surface area contributed by atoms with Gasteiger partial charge >= 0.3 is 0 Å². The zero-order valence-corrected chi connectivity index (χ0v) is 16.5. The number of anilines is 2. The first-order valence-electron chi connectivity index (χ1n) is 9.33. The number of nitrogens with zero attached hydrogens (tertiary/aromatic N) is 1. The van der Waals surface area contributed by atoms with Gasteiger partial charge in [-0.15, -0.1) is 0 Å². The summed E-state index contributed by atoms with van der Waals surface area (Å²) in [4.78, 5) is 27.4.